The molecule has 2 atom stereocenters. The predicted molar refractivity (Wildman–Crippen MR) is 51.5 cm³/mol. The Bertz CT molecular complexity index is 192. The molecule has 0 N–H and O–H groups in total. The summed E-state index contributed by atoms with van der Waals surface area (Å²) in [6.07, 6.45) is 8.51. The van der Waals surface area contributed by atoms with E-state index in [0.717, 1.165) is 19.4 Å². The molecule has 2 aliphatic rings. The molecule has 1 saturated heterocycles. The third-order valence-electron chi connectivity index (χ3n) is 2.86. The van der Waals surface area contributed by atoms with Crippen LogP contribution in [0.3, 0.4) is 0 Å². The Morgan fingerprint density at radius 3 is 2.92 bits per heavy atom. The number of hydrogen-bond donors (Lipinski definition) is 0. The van der Waals surface area contributed by atoms with Gasteiger partial charge in [-0.15, -0.1) is 0 Å². The van der Waals surface area contributed by atoms with Crippen molar-refractivity contribution >= 4 is 0 Å². The Kier molecular flexibility index (Phi) is 3.01. The van der Waals surface area contributed by atoms with Gasteiger partial charge in [-0.05, 0) is 44.6 Å². The minimum absolute atomic E-state index is 0.0696. The summed E-state index contributed by atoms with van der Waals surface area (Å²) in [5.74, 6) is 0. The summed E-state index contributed by atoms with van der Waals surface area (Å²) in [5, 5.41) is 0. The fourth-order valence-electron chi connectivity index (χ4n) is 2.00. The molecule has 1 aliphatic carbocycles. The molecule has 2 unspecified atom stereocenters. The first-order valence-corrected chi connectivity index (χ1v) is 5.30. The topological polar surface area (TPSA) is 18.5 Å². The SMILES string of the molecule is CC1=CCCC1OC1CCCCO1. The van der Waals surface area contributed by atoms with Gasteiger partial charge in [0.2, 0.25) is 0 Å². The number of rotatable bonds is 2. The predicted octanol–water partition coefficient (Wildman–Crippen LogP) is 2.64. The Balaban J connectivity index is 1.79. The van der Waals surface area contributed by atoms with Gasteiger partial charge in [0.05, 0.1) is 6.10 Å². The second-order valence-electron chi connectivity index (χ2n) is 3.95. The van der Waals surface area contributed by atoms with Crippen LogP contribution in [0.15, 0.2) is 11.6 Å². The van der Waals surface area contributed by atoms with Crippen LogP contribution in [0.4, 0.5) is 0 Å². The number of allylic oxidation sites excluding steroid dienone is 1. The summed E-state index contributed by atoms with van der Waals surface area (Å²) in [4.78, 5) is 0. The summed E-state index contributed by atoms with van der Waals surface area (Å²) in [7, 11) is 0. The molecule has 74 valence electrons. The summed E-state index contributed by atoms with van der Waals surface area (Å²) >= 11 is 0. The second-order valence-corrected chi connectivity index (χ2v) is 3.95. The van der Waals surface area contributed by atoms with E-state index in [1.54, 1.807) is 0 Å². The van der Waals surface area contributed by atoms with Gasteiger partial charge in [0.1, 0.15) is 0 Å². The largest absolute Gasteiger partial charge is 0.353 e. The monoisotopic (exact) mass is 182 g/mol. The van der Waals surface area contributed by atoms with Crippen LogP contribution in [0.25, 0.3) is 0 Å². The molecule has 0 radical (unpaired) electrons. The first kappa shape index (κ1) is 9.22. The van der Waals surface area contributed by atoms with Crippen LogP contribution in [0.5, 0.6) is 0 Å². The van der Waals surface area contributed by atoms with Crippen molar-refractivity contribution in [2.45, 2.75) is 51.4 Å². The van der Waals surface area contributed by atoms with E-state index in [1.807, 2.05) is 0 Å². The van der Waals surface area contributed by atoms with Crippen LogP contribution in [0.1, 0.15) is 39.0 Å². The van der Waals surface area contributed by atoms with Gasteiger partial charge in [-0.3, -0.25) is 0 Å². The number of hydrogen-bond acceptors (Lipinski definition) is 2. The summed E-state index contributed by atoms with van der Waals surface area (Å²) in [5.41, 5.74) is 1.38. The maximum absolute atomic E-state index is 5.87. The molecule has 0 amide bonds. The maximum Gasteiger partial charge on any atom is 0.158 e. The zero-order valence-electron chi connectivity index (χ0n) is 8.29. The number of ether oxygens (including phenoxy) is 2. The molecule has 2 nitrogen and oxygen atoms in total. The molecule has 2 rings (SSSR count). The van der Waals surface area contributed by atoms with E-state index in [-0.39, 0.29) is 6.29 Å². The highest BCUT2D eigenvalue weighted by Gasteiger charge is 2.22. The Hall–Kier alpha value is -0.340. The Morgan fingerprint density at radius 1 is 1.38 bits per heavy atom. The third kappa shape index (κ3) is 2.32. The minimum atomic E-state index is 0.0696. The van der Waals surface area contributed by atoms with Gasteiger partial charge < -0.3 is 9.47 Å². The highest BCUT2D eigenvalue weighted by Crippen LogP contribution is 2.25. The van der Waals surface area contributed by atoms with Crippen molar-refractivity contribution in [2.75, 3.05) is 6.61 Å². The van der Waals surface area contributed by atoms with E-state index in [2.05, 4.69) is 13.0 Å². The Morgan fingerprint density at radius 2 is 2.31 bits per heavy atom. The van der Waals surface area contributed by atoms with E-state index in [1.165, 1.54) is 24.8 Å². The molecule has 0 spiro atoms. The molecular weight excluding hydrogens is 164 g/mol. The van der Waals surface area contributed by atoms with Gasteiger partial charge in [0, 0.05) is 6.61 Å². The molecule has 1 aliphatic heterocycles. The highest BCUT2D eigenvalue weighted by molar-refractivity contribution is 5.11. The lowest BCUT2D eigenvalue weighted by atomic mass is 10.2. The molecule has 1 heterocycles. The molecule has 0 bridgehead atoms. The van der Waals surface area contributed by atoms with Gasteiger partial charge in [-0.25, -0.2) is 0 Å². The molecule has 13 heavy (non-hydrogen) atoms. The molecule has 0 aromatic heterocycles. The molecular formula is C11H18O2. The normalized spacial score (nSPS) is 34.7. The van der Waals surface area contributed by atoms with E-state index in [9.17, 15) is 0 Å². The average Bonchev–Trinajstić information content (AvgIpc) is 2.54. The van der Waals surface area contributed by atoms with Crippen molar-refractivity contribution < 1.29 is 9.47 Å². The van der Waals surface area contributed by atoms with Crippen molar-refractivity contribution in [3.63, 3.8) is 0 Å². The zero-order chi connectivity index (χ0) is 9.10. The van der Waals surface area contributed by atoms with Crippen LogP contribution < -0.4 is 0 Å². The van der Waals surface area contributed by atoms with E-state index < -0.39 is 0 Å². The van der Waals surface area contributed by atoms with Gasteiger partial charge in [-0.2, -0.15) is 0 Å². The standard InChI is InChI=1S/C11H18O2/c1-9-5-4-6-10(9)13-11-7-2-3-8-12-11/h5,10-11H,2-4,6-8H2,1H3. The smallest absolute Gasteiger partial charge is 0.158 e. The van der Waals surface area contributed by atoms with Crippen LogP contribution >= 0.6 is 0 Å². The van der Waals surface area contributed by atoms with Crippen LogP contribution in [0, 0.1) is 0 Å². The van der Waals surface area contributed by atoms with Gasteiger partial charge in [-0.1, -0.05) is 6.08 Å². The highest BCUT2D eigenvalue weighted by atomic mass is 16.7. The van der Waals surface area contributed by atoms with E-state index in [4.69, 9.17) is 9.47 Å². The summed E-state index contributed by atoms with van der Waals surface area (Å²) in [6, 6.07) is 0. The van der Waals surface area contributed by atoms with Crippen molar-refractivity contribution in [3.05, 3.63) is 11.6 Å². The van der Waals surface area contributed by atoms with E-state index in [0.29, 0.717) is 6.10 Å². The van der Waals surface area contributed by atoms with Crippen molar-refractivity contribution in [3.8, 4) is 0 Å². The van der Waals surface area contributed by atoms with Gasteiger partial charge >= 0.3 is 0 Å². The van der Waals surface area contributed by atoms with Crippen LogP contribution in [-0.2, 0) is 9.47 Å². The van der Waals surface area contributed by atoms with Gasteiger partial charge in [0.25, 0.3) is 0 Å². The fraction of sp³-hybridized carbons (Fsp3) is 0.818. The van der Waals surface area contributed by atoms with Crippen molar-refractivity contribution in [2.24, 2.45) is 0 Å². The lowest BCUT2D eigenvalue weighted by molar-refractivity contribution is -0.179. The second kappa shape index (κ2) is 4.25. The van der Waals surface area contributed by atoms with Gasteiger partial charge in [0.15, 0.2) is 6.29 Å². The molecule has 2 heteroatoms. The van der Waals surface area contributed by atoms with Crippen molar-refractivity contribution in [1.29, 1.82) is 0 Å². The molecule has 1 fully saturated rings. The quantitative estimate of drug-likeness (QED) is 0.611. The zero-order valence-corrected chi connectivity index (χ0v) is 8.29. The first-order valence-electron chi connectivity index (χ1n) is 5.30. The molecule has 0 aromatic rings. The van der Waals surface area contributed by atoms with Crippen LogP contribution in [-0.4, -0.2) is 19.0 Å². The minimum Gasteiger partial charge on any atom is -0.353 e. The molecule has 0 saturated carbocycles. The fourth-order valence-corrected chi connectivity index (χ4v) is 2.00. The summed E-state index contributed by atoms with van der Waals surface area (Å²) < 4.78 is 11.4. The lowest BCUT2D eigenvalue weighted by Crippen LogP contribution is -2.27. The van der Waals surface area contributed by atoms with Crippen molar-refractivity contribution in [1.82, 2.24) is 0 Å². The third-order valence-corrected chi connectivity index (χ3v) is 2.86. The average molecular weight is 182 g/mol. The maximum atomic E-state index is 5.87. The lowest BCUT2D eigenvalue weighted by Gasteiger charge is -2.26. The first-order chi connectivity index (χ1) is 6.36. The molecule has 0 aromatic carbocycles. The van der Waals surface area contributed by atoms with E-state index >= 15 is 0 Å². The summed E-state index contributed by atoms with van der Waals surface area (Å²) in [6.45, 7) is 3.03. The van der Waals surface area contributed by atoms with Crippen LogP contribution in [0.2, 0.25) is 0 Å². The Labute approximate surface area is 79.9 Å².